The van der Waals surface area contributed by atoms with Crippen molar-refractivity contribution in [2.75, 3.05) is 7.05 Å². The molecule has 0 aromatic carbocycles. The number of nitrogens with zero attached hydrogens (tertiary/aromatic N) is 3. The van der Waals surface area contributed by atoms with Crippen molar-refractivity contribution in [2.45, 2.75) is 13.1 Å². The van der Waals surface area contributed by atoms with Gasteiger partial charge in [-0.2, -0.15) is 0 Å². The molecule has 2 aromatic rings. The van der Waals surface area contributed by atoms with E-state index in [-0.39, 0.29) is 12.5 Å². The van der Waals surface area contributed by atoms with Gasteiger partial charge in [-0.1, -0.05) is 6.07 Å². The molecule has 0 unspecified atom stereocenters. The summed E-state index contributed by atoms with van der Waals surface area (Å²) in [4.78, 5) is 29.6. The smallest absolute Gasteiger partial charge is 0.339 e. The Morgan fingerprint density at radius 3 is 3.00 bits per heavy atom. The van der Waals surface area contributed by atoms with Gasteiger partial charge in [0.05, 0.1) is 6.54 Å². The summed E-state index contributed by atoms with van der Waals surface area (Å²) in [6.07, 6.45) is 2.98. The quantitative estimate of drug-likeness (QED) is 0.825. The molecule has 0 aliphatic rings. The number of thiophene rings is 1. The van der Waals surface area contributed by atoms with E-state index in [0.717, 1.165) is 4.88 Å². The number of carbonyl (C=O) groups excluding carboxylic acids is 1. The van der Waals surface area contributed by atoms with Gasteiger partial charge in [0.25, 0.3) is 0 Å². The summed E-state index contributed by atoms with van der Waals surface area (Å²) in [6.45, 7) is 0.583. The highest BCUT2D eigenvalue weighted by molar-refractivity contribution is 7.09. The maximum Gasteiger partial charge on any atom is 0.347 e. The molecular formula is C12H13N3O2S. The van der Waals surface area contributed by atoms with E-state index in [0.29, 0.717) is 6.54 Å². The van der Waals surface area contributed by atoms with E-state index < -0.39 is 5.69 Å². The Bertz CT molecular complexity index is 577. The third-order valence-electron chi connectivity index (χ3n) is 2.49. The predicted octanol–water partition coefficient (Wildman–Crippen LogP) is 0.963. The van der Waals surface area contributed by atoms with Crippen LogP contribution in [0.2, 0.25) is 0 Å². The van der Waals surface area contributed by atoms with Crippen LogP contribution in [0, 0.1) is 0 Å². The third-order valence-corrected chi connectivity index (χ3v) is 3.35. The van der Waals surface area contributed by atoms with Gasteiger partial charge in [-0.3, -0.25) is 9.36 Å². The maximum atomic E-state index is 11.9. The molecule has 94 valence electrons. The molecule has 2 heterocycles. The first-order valence-corrected chi connectivity index (χ1v) is 6.32. The molecular weight excluding hydrogens is 250 g/mol. The minimum absolute atomic E-state index is 0.0224. The van der Waals surface area contributed by atoms with Gasteiger partial charge in [0, 0.05) is 24.3 Å². The Labute approximate surface area is 108 Å². The van der Waals surface area contributed by atoms with Crippen LogP contribution in [0.15, 0.2) is 40.8 Å². The summed E-state index contributed by atoms with van der Waals surface area (Å²) in [5, 5.41) is 1.97. The molecule has 0 fully saturated rings. The molecule has 0 saturated carbocycles. The van der Waals surface area contributed by atoms with Crippen LogP contribution in [0.1, 0.15) is 4.88 Å². The van der Waals surface area contributed by atoms with Crippen LogP contribution in [0.25, 0.3) is 0 Å². The standard InChI is InChI=1S/C12H13N3O2S/c1-14(8-10-4-2-7-18-10)11(16)9-15-6-3-5-13-12(15)17/h2-7H,8-9H2,1H3. The van der Waals surface area contributed by atoms with E-state index in [1.165, 1.54) is 10.8 Å². The molecule has 0 saturated heterocycles. The van der Waals surface area contributed by atoms with Crippen LogP contribution in [0.4, 0.5) is 0 Å². The molecule has 0 atom stereocenters. The third kappa shape index (κ3) is 3.04. The Morgan fingerprint density at radius 2 is 2.33 bits per heavy atom. The highest BCUT2D eigenvalue weighted by Gasteiger charge is 2.11. The number of rotatable bonds is 4. The van der Waals surface area contributed by atoms with Gasteiger partial charge in [-0.25, -0.2) is 9.78 Å². The fourth-order valence-corrected chi connectivity index (χ4v) is 2.26. The van der Waals surface area contributed by atoms with Gasteiger partial charge in [0.15, 0.2) is 0 Å². The van der Waals surface area contributed by atoms with Gasteiger partial charge in [-0.15, -0.1) is 11.3 Å². The van der Waals surface area contributed by atoms with Crippen LogP contribution in [-0.2, 0) is 17.9 Å². The number of likely N-dealkylation sites (N-methyl/N-ethyl adjacent to an activating group) is 1. The van der Waals surface area contributed by atoms with Crippen LogP contribution in [-0.4, -0.2) is 27.4 Å². The predicted molar refractivity (Wildman–Crippen MR) is 69.3 cm³/mol. The summed E-state index contributed by atoms with van der Waals surface area (Å²) in [5.41, 5.74) is -0.407. The molecule has 0 bridgehead atoms. The van der Waals surface area contributed by atoms with Crippen molar-refractivity contribution < 1.29 is 4.79 Å². The summed E-state index contributed by atoms with van der Waals surface area (Å²) in [6, 6.07) is 5.56. The van der Waals surface area contributed by atoms with Crippen molar-refractivity contribution in [3.8, 4) is 0 Å². The van der Waals surface area contributed by atoms with Crippen LogP contribution >= 0.6 is 11.3 Å². The number of aromatic nitrogens is 2. The average Bonchev–Trinajstić information content (AvgIpc) is 2.84. The zero-order chi connectivity index (χ0) is 13.0. The molecule has 2 rings (SSSR count). The van der Waals surface area contributed by atoms with Crippen LogP contribution < -0.4 is 5.69 Å². The minimum Gasteiger partial charge on any atom is -0.339 e. The molecule has 5 nitrogen and oxygen atoms in total. The highest BCUT2D eigenvalue weighted by Crippen LogP contribution is 2.10. The molecule has 18 heavy (non-hydrogen) atoms. The van der Waals surface area contributed by atoms with E-state index in [1.807, 2.05) is 17.5 Å². The number of hydrogen-bond donors (Lipinski definition) is 0. The fourth-order valence-electron chi connectivity index (χ4n) is 1.50. The van der Waals surface area contributed by atoms with E-state index in [9.17, 15) is 9.59 Å². The number of amides is 1. The second-order valence-electron chi connectivity index (χ2n) is 3.86. The molecule has 0 spiro atoms. The van der Waals surface area contributed by atoms with Crippen LogP contribution in [0.3, 0.4) is 0 Å². The average molecular weight is 263 g/mol. The van der Waals surface area contributed by atoms with Crippen LogP contribution in [0.5, 0.6) is 0 Å². The van der Waals surface area contributed by atoms with Gasteiger partial charge in [0.1, 0.15) is 6.54 Å². The Hall–Kier alpha value is -1.95. The zero-order valence-corrected chi connectivity index (χ0v) is 10.8. The molecule has 6 heteroatoms. The second-order valence-corrected chi connectivity index (χ2v) is 4.89. The maximum absolute atomic E-state index is 11.9. The lowest BCUT2D eigenvalue weighted by Gasteiger charge is -2.16. The summed E-state index contributed by atoms with van der Waals surface area (Å²) < 4.78 is 1.30. The van der Waals surface area contributed by atoms with Crippen molar-refractivity contribution in [1.82, 2.24) is 14.5 Å². The van der Waals surface area contributed by atoms with E-state index >= 15 is 0 Å². The van der Waals surface area contributed by atoms with Crippen molar-refractivity contribution in [3.63, 3.8) is 0 Å². The molecule has 2 aromatic heterocycles. The molecule has 0 radical (unpaired) electrons. The minimum atomic E-state index is -0.407. The lowest BCUT2D eigenvalue weighted by atomic mass is 10.4. The SMILES string of the molecule is CN(Cc1cccs1)C(=O)Cn1cccnc1=O. The Morgan fingerprint density at radius 1 is 1.50 bits per heavy atom. The Balaban J connectivity index is 2.00. The van der Waals surface area contributed by atoms with E-state index in [4.69, 9.17) is 0 Å². The normalized spacial score (nSPS) is 10.3. The van der Waals surface area contributed by atoms with Crippen molar-refractivity contribution in [1.29, 1.82) is 0 Å². The molecule has 1 amide bonds. The van der Waals surface area contributed by atoms with Gasteiger partial charge >= 0.3 is 5.69 Å². The van der Waals surface area contributed by atoms with E-state index in [2.05, 4.69) is 4.98 Å². The first-order valence-electron chi connectivity index (χ1n) is 5.44. The second kappa shape index (κ2) is 5.59. The van der Waals surface area contributed by atoms with Gasteiger partial charge in [0.2, 0.25) is 5.91 Å². The van der Waals surface area contributed by atoms with Crippen molar-refractivity contribution >= 4 is 17.2 Å². The molecule has 0 aliphatic carbocycles. The molecule has 0 aliphatic heterocycles. The summed E-state index contributed by atoms with van der Waals surface area (Å²) in [7, 11) is 1.73. The van der Waals surface area contributed by atoms with Gasteiger partial charge in [-0.05, 0) is 17.5 Å². The summed E-state index contributed by atoms with van der Waals surface area (Å²) >= 11 is 1.60. The van der Waals surface area contributed by atoms with Gasteiger partial charge < -0.3 is 4.90 Å². The first kappa shape index (κ1) is 12.5. The lowest BCUT2D eigenvalue weighted by molar-refractivity contribution is -0.131. The molecule has 0 N–H and O–H groups in total. The largest absolute Gasteiger partial charge is 0.347 e. The lowest BCUT2D eigenvalue weighted by Crippen LogP contribution is -2.33. The first-order chi connectivity index (χ1) is 8.66. The van der Waals surface area contributed by atoms with Crippen molar-refractivity contribution in [3.05, 3.63) is 51.3 Å². The topological polar surface area (TPSA) is 55.2 Å². The summed E-state index contributed by atoms with van der Waals surface area (Å²) in [5.74, 6) is -0.112. The van der Waals surface area contributed by atoms with Crippen molar-refractivity contribution in [2.24, 2.45) is 0 Å². The number of carbonyl (C=O) groups is 1. The Kier molecular flexibility index (Phi) is 3.88. The number of hydrogen-bond acceptors (Lipinski definition) is 4. The highest BCUT2D eigenvalue weighted by atomic mass is 32.1. The zero-order valence-electron chi connectivity index (χ0n) is 9.94. The fraction of sp³-hybridized carbons (Fsp3) is 0.250. The van der Waals surface area contributed by atoms with E-state index in [1.54, 1.807) is 35.5 Å². The monoisotopic (exact) mass is 263 g/mol.